The highest BCUT2D eigenvalue weighted by atomic mass is 35.5. The van der Waals surface area contributed by atoms with Crippen LogP contribution in [0.3, 0.4) is 0 Å². The number of piperazine rings is 1. The number of amides is 1. The van der Waals surface area contributed by atoms with Crippen molar-refractivity contribution in [2.75, 3.05) is 31.1 Å². The zero-order valence-electron chi connectivity index (χ0n) is 16.0. The number of carbonyl (C=O) groups excluding carboxylic acids is 1. The quantitative estimate of drug-likeness (QED) is 0.619. The summed E-state index contributed by atoms with van der Waals surface area (Å²) < 4.78 is 1.20. The lowest BCUT2D eigenvalue weighted by molar-refractivity contribution is -0.132. The Morgan fingerprint density at radius 1 is 1.00 bits per heavy atom. The summed E-state index contributed by atoms with van der Waals surface area (Å²) in [6, 6.07) is 12.2. The average molecular weight is 444 g/mol. The second kappa shape index (κ2) is 8.85. The fourth-order valence-corrected chi connectivity index (χ4v) is 3.65. The Morgan fingerprint density at radius 3 is 2.50 bits per heavy atom. The second-order valence-electron chi connectivity index (χ2n) is 6.92. The van der Waals surface area contributed by atoms with Gasteiger partial charge in [-0.3, -0.25) is 14.6 Å². The Hall–Kier alpha value is -2.90. The molecular weight excluding hydrogens is 425 g/mol. The molecule has 1 fully saturated rings. The summed E-state index contributed by atoms with van der Waals surface area (Å²) >= 11 is 12.1. The van der Waals surface area contributed by atoms with Crippen LogP contribution in [0.2, 0.25) is 10.0 Å². The molecule has 0 saturated carbocycles. The van der Waals surface area contributed by atoms with Gasteiger partial charge in [0.25, 0.3) is 5.56 Å². The van der Waals surface area contributed by atoms with Crippen molar-refractivity contribution in [2.45, 2.75) is 6.54 Å². The van der Waals surface area contributed by atoms with Gasteiger partial charge in [-0.25, -0.2) is 4.68 Å². The first-order chi connectivity index (χ1) is 14.5. The summed E-state index contributed by atoms with van der Waals surface area (Å²) in [4.78, 5) is 32.9. The van der Waals surface area contributed by atoms with Crippen LogP contribution >= 0.6 is 23.2 Å². The minimum absolute atomic E-state index is 0.0975. The van der Waals surface area contributed by atoms with Gasteiger partial charge in [0.1, 0.15) is 6.54 Å². The first kappa shape index (κ1) is 20.4. The van der Waals surface area contributed by atoms with Gasteiger partial charge in [0.2, 0.25) is 5.91 Å². The Labute approximate surface area is 183 Å². The molecule has 0 radical (unpaired) electrons. The Kier molecular flexibility index (Phi) is 6.01. The molecule has 3 aromatic rings. The molecule has 1 aliphatic heterocycles. The molecule has 0 spiro atoms. The van der Waals surface area contributed by atoms with Gasteiger partial charge in [0.05, 0.1) is 15.7 Å². The number of hydrogen-bond acceptors (Lipinski definition) is 5. The van der Waals surface area contributed by atoms with Crippen molar-refractivity contribution in [3.05, 3.63) is 75.3 Å². The van der Waals surface area contributed by atoms with Crippen LogP contribution in [-0.2, 0) is 11.3 Å². The average Bonchev–Trinajstić information content (AvgIpc) is 2.78. The van der Waals surface area contributed by atoms with Crippen LogP contribution in [0, 0.1) is 0 Å². The number of aromatic nitrogens is 3. The molecule has 0 aliphatic carbocycles. The lowest BCUT2D eigenvalue weighted by Crippen LogP contribution is -2.50. The number of nitrogens with zero attached hydrogens (tertiary/aromatic N) is 5. The van der Waals surface area contributed by atoms with Gasteiger partial charge >= 0.3 is 0 Å². The van der Waals surface area contributed by atoms with E-state index in [4.69, 9.17) is 23.2 Å². The zero-order chi connectivity index (χ0) is 21.1. The molecule has 2 aromatic heterocycles. The highest BCUT2D eigenvalue weighted by molar-refractivity contribution is 6.42. The monoisotopic (exact) mass is 443 g/mol. The van der Waals surface area contributed by atoms with E-state index < -0.39 is 0 Å². The third-order valence-electron chi connectivity index (χ3n) is 5.01. The molecule has 7 nitrogen and oxygen atoms in total. The number of hydrogen-bond donors (Lipinski definition) is 0. The zero-order valence-corrected chi connectivity index (χ0v) is 17.6. The Balaban J connectivity index is 1.41. The van der Waals surface area contributed by atoms with Crippen LogP contribution in [0.1, 0.15) is 0 Å². The van der Waals surface area contributed by atoms with E-state index in [-0.39, 0.29) is 18.0 Å². The summed E-state index contributed by atoms with van der Waals surface area (Å²) in [5.74, 6) is -0.137. The summed E-state index contributed by atoms with van der Waals surface area (Å²) in [6.45, 7) is 2.34. The van der Waals surface area contributed by atoms with Crippen molar-refractivity contribution in [1.29, 1.82) is 0 Å². The molecule has 30 heavy (non-hydrogen) atoms. The highest BCUT2D eigenvalue weighted by Crippen LogP contribution is 2.27. The van der Waals surface area contributed by atoms with Crippen LogP contribution in [-0.4, -0.2) is 51.8 Å². The first-order valence-corrected chi connectivity index (χ1v) is 10.2. The predicted octanol–water partition coefficient (Wildman–Crippen LogP) is 2.96. The fourth-order valence-electron chi connectivity index (χ4n) is 3.35. The van der Waals surface area contributed by atoms with Crippen molar-refractivity contribution in [3.8, 4) is 11.3 Å². The molecule has 0 unspecified atom stereocenters. The van der Waals surface area contributed by atoms with Crippen molar-refractivity contribution < 1.29 is 4.79 Å². The molecule has 4 rings (SSSR count). The van der Waals surface area contributed by atoms with Crippen molar-refractivity contribution in [2.24, 2.45) is 0 Å². The van der Waals surface area contributed by atoms with Gasteiger partial charge in [-0.2, -0.15) is 5.10 Å². The van der Waals surface area contributed by atoms with Gasteiger partial charge in [-0.05, 0) is 36.4 Å². The largest absolute Gasteiger partial charge is 0.368 e. The molecule has 3 heterocycles. The maximum atomic E-state index is 12.8. The van der Waals surface area contributed by atoms with Crippen LogP contribution in [0.25, 0.3) is 11.3 Å². The maximum absolute atomic E-state index is 12.8. The van der Waals surface area contributed by atoms with Crippen LogP contribution in [0.15, 0.2) is 59.7 Å². The second-order valence-corrected chi connectivity index (χ2v) is 7.74. The number of benzene rings is 1. The molecule has 1 aromatic carbocycles. The topological polar surface area (TPSA) is 71.3 Å². The molecule has 1 amide bonds. The van der Waals surface area contributed by atoms with E-state index in [0.29, 0.717) is 41.9 Å². The number of halogens is 2. The number of anilines is 1. The lowest BCUT2D eigenvalue weighted by Gasteiger charge is -2.36. The van der Waals surface area contributed by atoms with E-state index in [0.717, 1.165) is 11.3 Å². The fraction of sp³-hybridized carbons (Fsp3) is 0.238. The minimum Gasteiger partial charge on any atom is -0.368 e. The molecule has 0 atom stereocenters. The first-order valence-electron chi connectivity index (χ1n) is 9.47. The number of pyridine rings is 1. The molecule has 9 heteroatoms. The standard InChI is InChI=1S/C21H19Cl2N5O2/c22-17-4-3-16(12-18(17)23)26-8-10-27(11-9-26)21(30)14-28-20(29)6-5-19(25-28)15-2-1-7-24-13-15/h1-7,12-13H,8-11,14H2. The van der Waals surface area contributed by atoms with Crippen molar-refractivity contribution in [3.63, 3.8) is 0 Å². The summed E-state index contributed by atoms with van der Waals surface area (Å²) in [7, 11) is 0. The van der Waals surface area contributed by atoms with Crippen LogP contribution < -0.4 is 10.5 Å². The summed E-state index contributed by atoms with van der Waals surface area (Å²) in [5, 5.41) is 5.36. The van der Waals surface area contributed by atoms with Gasteiger partial charge in [0, 0.05) is 55.9 Å². The normalized spacial score (nSPS) is 14.1. The molecule has 1 saturated heterocycles. The molecule has 0 N–H and O–H groups in total. The Morgan fingerprint density at radius 2 is 1.80 bits per heavy atom. The van der Waals surface area contributed by atoms with E-state index >= 15 is 0 Å². The lowest BCUT2D eigenvalue weighted by atomic mass is 10.2. The van der Waals surface area contributed by atoms with Gasteiger partial charge in [-0.15, -0.1) is 0 Å². The smallest absolute Gasteiger partial charge is 0.267 e. The van der Waals surface area contributed by atoms with Gasteiger partial charge in [-0.1, -0.05) is 23.2 Å². The van der Waals surface area contributed by atoms with Crippen LogP contribution in [0.4, 0.5) is 5.69 Å². The highest BCUT2D eigenvalue weighted by Gasteiger charge is 2.22. The number of rotatable bonds is 4. The van der Waals surface area contributed by atoms with Crippen molar-refractivity contribution in [1.82, 2.24) is 19.7 Å². The predicted molar refractivity (Wildman–Crippen MR) is 117 cm³/mol. The SMILES string of the molecule is O=C(Cn1nc(-c2cccnc2)ccc1=O)N1CCN(c2ccc(Cl)c(Cl)c2)CC1. The summed E-state index contributed by atoms with van der Waals surface area (Å²) in [6.07, 6.45) is 3.34. The van der Waals surface area contributed by atoms with E-state index in [9.17, 15) is 9.59 Å². The van der Waals surface area contributed by atoms with E-state index in [1.54, 1.807) is 35.5 Å². The molecule has 154 valence electrons. The molecule has 1 aliphatic rings. The molecular formula is C21H19Cl2N5O2. The number of carbonyl (C=O) groups is 1. The van der Waals surface area contributed by atoms with Gasteiger partial charge in [0.15, 0.2) is 0 Å². The Bertz CT molecular complexity index is 1110. The van der Waals surface area contributed by atoms with E-state index in [2.05, 4.69) is 15.0 Å². The third kappa shape index (κ3) is 4.47. The van der Waals surface area contributed by atoms with Crippen LogP contribution in [0.5, 0.6) is 0 Å². The summed E-state index contributed by atoms with van der Waals surface area (Å²) in [5.41, 5.74) is 2.04. The van der Waals surface area contributed by atoms with Crippen molar-refractivity contribution >= 4 is 34.8 Å². The third-order valence-corrected chi connectivity index (χ3v) is 5.75. The van der Waals surface area contributed by atoms with E-state index in [1.165, 1.54) is 10.7 Å². The van der Waals surface area contributed by atoms with E-state index in [1.807, 2.05) is 18.2 Å². The maximum Gasteiger partial charge on any atom is 0.267 e. The molecule has 0 bridgehead atoms. The van der Waals surface area contributed by atoms with Gasteiger partial charge < -0.3 is 9.80 Å². The minimum atomic E-state index is -0.314.